The van der Waals surface area contributed by atoms with Crippen LogP contribution in [0.1, 0.15) is 29.6 Å². The SMILES string of the molecule is CNC(=O)c1ccc(NC2CCN3CCCC23)c(N)c1. The van der Waals surface area contributed by atoms with E-state index in [0.717, 1.165) is 5.69 Å². The van der Waals surface area contributed by atoms with E-state index in [2.05, 4.69) is 15.5 Å². The Morgan fingerprint density at radius 3 is 2.95 bits per heavy atom. The third kappa shape index (κ3) is 2.33. The summed E-state index contributed by atoms with van der Waals surface area (Å²) in [4.78, 5) is 14.1. The first-order chi connectivity index (χ1) is 9.69. The summed E-state index contributed by atoms with van der Waals surface area (Å²) in [6.07, 6.45) is 3.74. The van der Waals surface area contributed by atoms with Gasteiger partial charge >= 0.3 is 0 Å². The minimum atomic E-state index is -0.105. The van der Waals surface area contributed by atoms with E-state index < -0.39 is 0 Å². The summed E-state index contributed by atoms with van der Waals surface area (Å²) >= 11 is 0. The van der Waals surface area contributed by atoms with Crippen LogP contribution in [-0.2, 0) is 0 Å². The molecule has 0 aromatic heterocycles. The van der Waals surface area contributed by atoms with Gasteiger partial charge in [-0.05, 0) is 44.0 Å². The van der Waals surface area contributed by atoms with Gasteiger partial charge in [0, 0.05) is 31.2 Å². The molecular weight excluding hydrogens is 252 g/mol. The zero-order valence-corrected chi connectivity index (χ0v) is 11.9. The molecule has 4 N–H and O–H groups in total. The van der Waals surface area contributed by atoms with Gasteiger partial charge < -0.3 is 16.4 Å². The number of nitrogens with zero attached hydrogens (tertiary/aromatic N) is 1. The predicted octanol–water partition coefficient (Wildman–Crippen LogP) is 1.28. The Morgan fingerprint density at radius 2 is 2.20 bits per heavy atom. The van der Waals surface area contributed by atoms with Crippen molar-refractivity contribution in [2.24, 2.45) is 0 Å². The molecule has 0 bridgehead atoms. The lowest BCUT2D eigenvalue weighted by atomic mass is 10.1. The van der Waals surface area contributed by atoms with Gasteiger partial charge in [-0.1, -0.05) is 0 Å². The molecule has 108 valence electrons. The van der Waals surface area contributed by atoms with E-state index in [1.54, 1.807) is 13.1 Å². The van der Waals surface area contributed by atoms with Crippen LogP contribution >= 0.6 is 0 Å². The summed E-state index contributed by atoms with van der Waals surface area (Å²) in [5, 5.41) is 6.18. The van der Waals surface area contributed by atoms with Gasteiger partial charge in [0.15, 0.2) is 0 Å². The molecule has 1 aromatic rings. The average molecular weight is 274 g/mol. The maximum atomic E-state index is 11.6. The van der Waals surface area contributed by atoms with E-state index in [4.69, 9.17) is 5.73 Å². The molecule has 2 atom stereocenters. The van der Waals surface area contributed by atoms with Gasteiger partial charge in [0.1, 0.15) is 0 Å². The maximum Gasteiger partial charge on any atom is 0.251 e. The van der Waals surface area contributed by atoms with Crippen molar-refractivity contribution in [3.8, 4) is 0 Å². The van der Waals surface area contributed by atoms with Crippen molar-refractivity contribution in [3.63, 3.8) is 0 Å². The molecule has 5 heteroatoms. The third-order valence-electron chi connectivity index (χ3n) is 4.49. The quantitative estimate of drug-likeness (QED) is 0.726. The van der Waals surface area contributed by atoms with Crippen LogP contribution in [0.3, 0.4) is 0 Å². The highest BCUT2D eigenvalue weighted by molar-refractivity contribution is 5.95. The van der Waals surface area contributed by atoms with E-state index in [9.17, 15) is 4.79 Å². The summed E-state index contributed by atoms with van der Waals surface area (Å²) in [5.41, 5.74) is 8.26. The molecule has 0 spiro atoms. The number of hydrogen-bond donors (Lipinski definition) is 3. The van der Waals surface area contributed by atoms with Gasteiger partial charge in [-0.15, -0.1) is 0 Å². The summed E-state index contributed by atoms with van der Waals surface area (Å²) < 4.78 is 0. The molecule has 2 saturated heterocycles. The minimum absolute atomic E-state index is 0.105. The van der Waals surface area contributed by atoms with E-state index in [1.165, 1.54) is 32.4 Å². The number of fused-ring (bicyclic) bond motifs is 1. The van der Waals surface area contributed by atoms with Crippen molar-refractivity contribution < 1.29 is 4.79 Å². The molecule has 0 saturated carbocycles. The third-order valence-corrected chi connectivity index (χ3v) is 4.49. The Bertz CT molecular complexity index is 517. The van der Waals surface area contributed by atoms with Gasteiger partial charge in [0.05, 0.1) is 11.4 Å². The number of nitrogens with one attached hydrogen (secondary N) is 2. The lowest BCUT2D eigenvalue weighted by Crippen LogP contribution is -2.34. The van der Waals surface area contributed by atoms with E-state index in [1.807, 2.05) is 12.1 Å². The first kappa shape index (κ1) is 13.2. The Labute approximate surface area is 119 Å². The Morgan fingerprint density at radius 1 is 1.35 bits per heavy atom. The fourth-order valence-corrected chi connectivity index (χ4v) is 3.43. The summed E-state index contributed by atoms with van der Waals surface area (Å²) in [5.74, 6) is -0.105. The minimum Gasteiger partial charge on any atom is -0.397 e. The first-order valence-electron chi connectivity index (χ1n) is 7.31. The number of nitrogen functional groups attached to an aromatic ring is 1. The Kier molecular flexibility index (Phi) is 3.53. The summed E-state index contributed by atoms with van der Waals surface area (Å²) in [6.45, 7) is 2.41. The van der Waals surface area contributed by atoms with Crippen LogP contribution in [0.4, 0.5) is 11.4 Å². The van der Waals surface area contributed by atoms with Crippen LogP contribution in [0, 0.1) is 0 Å². The van der Waals surface area contributed by atoms with Crippen LogP contribution in [-0.4, -0.2) is 43.0 Å². The van der Waals surface area contributed by atoms with Crippen LogP contribution in [0.5, 0.6) is 0 Å². The van der Waals surface area contributed by atoms with Gasteiger partial charge in [0.2, 0.25) is 0 Å². The van der Waals surface area contributed by atoms with Crippen LogP contribution in [0.25, 0.3) is 0 Å². The van der Waals surface area contributed by atoms with Crippen molar-refractivity contribution in [3.05, 3.63) is 23.8 Å². The number of nitrogens with two attached hydrogens (primary N) is 1. The molecule has 0 aliphatic carbocycles. The summed E-state index contributed by atoms with van der Waals surface area (Å²) in [6, 6.07) is 6.59. The summed E-state index contributed by atoms with van der Waals surface area (Å²) in [7, 11) is 1.62. The number of carbonyl (C=O) groups excluding carboxylic acids is 1. The Hall–Kier alpha value is -1.75. The largest absolute Gasteiger partial charge is 0.397 e. The van der Waals surface area contributed by atoms with Crippen molar-refractivity contribution >= 4 is 17.3 Å². The van der Waals surface area contributed by atoms with Gasteiger partial charge in [0.25, 0.3) is 5.91 Å². The zero-order chi connectivity index (χ0) is 14.1. The van der Waals surface area contributed by atoms with Crippen molar-refractivity contribution in [2.75, 3.05) is 31.2 Å². The standard InChI is InChI=1S/C15H22N4O/c1-17-15(20)10-4-5-12(11(16)9-10)18-13-6-8-19-7-2-3-14(13)19/h4-5,9,13-14,18H,2-3,6-8,16H2,1H3,(H,17,20). The zero-order valence-electron chi connectivity index (χ0n) is 11.9. The molecule has 2 heterocycles. The monoisotopic (exact) mass is 274 g/mol. The normalized spacial score (nSPS) is 25.4. The highest BCUT2D eigenvalue weighted by Gasteiger charge is 2.37. The number of hydrogen-bond acceptors (Lipinski definition) is 4. The number of carbonyl (C=O) groups is 1. The molecule has 2 unspecified atom stereocenters. The smallest absolute Gasteiger partial charge is 0.251 e. The molecule has 0 radical (unpaired) electrons. The first-order valence-corrected chi connectivity index (χ1v) is 7.31. The highest BCUT2D eigenvalue weighted by Crippen LogP contribution is 2.31. The predicted molar refractivity (Wildman–Crippen MR) is 80.9 cm³/mol. The average Bonchev–Trinajstić information content (AvgIpc) is 3.04. The fraction of sp³-hybridized carbons (Fsp3) is 0.533. The molecule has 1 amide bonds. The van der Waals surface area contributed by atoms with E-state index in [0.29, 0.717) is 23.3 Å². The van der Waals surface area contributed by atoms with Crippen LogP contribution in [0.15, 0.2) is 18.2 Å². The number of rotatable bonds is 3. The topological polar surface area (TPSA) is 70.4 Å². The molecule has 2 aliphatic rings. The number of anilines is 2. The van der Waals surface area contributed by atoms with Crippen molar-refractivity contribution in [1.29, 1.82) is 0 Å². The maximum absolute atomic E-state index is 11.6. The van der Waals surface area contributed by atoms with Gasteiger partial charge in [-0.2, -0.15) is 0 Å². The van der Waals surface area contributed by atoms with Crippen LogP contribution in [0.2, 0.25) is 0 Å². The van der Waals surface area contributed by atoms with Crippen molar-refractivity contribution in [2.45, 2.75) is 31.3 Å². The molecule has 2 aliphatic heterocycles. The lowest BCUT2D eigenvalue weighted by molar-refractivity contribution is 0.0963. The molecule has 1 aromatic carbocycles. The molecule has 20 heavy (non-hydrogen) atoms. The second kappa shape index (κ2) is 5.32. The van der Waals surface area contributed by atoms with Crippen molar-refractivity contribution in [1.82, 2.24) is 10.2 Å². The molecule has 3 rings (SSSR count). The van der Waals surface area contributed by atoms with Crippen LogP contribution < -0.4 is 16.4 Å². The molecular formula is C15H22N4O. The molecule has 5 nitrogen and oxygen atoms in total. The van der Waals surface area contributed by atoms with E-state index >= 15 is 0 Å². The second-order valence-electron chi connectivity index (χ2n) is 5.67. The highest BCUT2D eigenvalue weighted by atomic mass is 16.1. The lowest BCUT2D eigenvalue weighted by Gasteiger charge is -2.23. The second-order valence-corrected chi connectivity index (χ2v) is 5.67. The molecule has 2 fully saturated rings. The Balaban J connectivity index is 1.73. The van der Waals surface area contributed by atoms with Gasteiger partial charge in [-0.25, -0.2) is 0 Å². The number of benzene rings is 1. The van der Waals surface area contributed by atoms with E-state index in [-0.39, 0.29) is 5.91 Å². The number of amides is 1. The van der Waals surface area contributed by atoms with Gasteiger partial charge in [-0.3, -0.25) is 9.69 Å². The fourth-order valence-electron chi connectivity index (χ4n) is 3.43.